The van der Waals surface area contributed by atoms with E-state index in [-0.39, 0.29) is 5.41 Å². The second-order valence-corrected chi connectivity index (χ2v) is 3.27. The standard InChI is InChI=1S/C6H10N2S.C2H6/c1-5-6(2,3)4-7-9-8-5;1-2/h4H,1-3H3;1-2H3. The van der Waals surface area contributed by atoms with Gasteiger partial charge in [-0.15, -0.1) is 0 Å². The average molecular weight is 172 g/mol. The third kappa shape index (κ3) is 3.06. The van der Waals surface area contributed by atoms with E-state index in [2.05, 4.69) is 22.6 Å². The largest absolute Gasteiger partial charge is 0.205 e. The minimum absolute atomic E-state index is 0.0747. The summed E-state index contributed by atoms with van der Waals surface area (Å²) in [5, 5.41) is 0. The van der Waals surface area contributed by atoms with Gasteiger partial charge in [-0.1, -0.05) is 13.8 Å². The van der Waals surface area contributed by atoms with Crippen molar-refractivity contribution in [1.29, 1.82) is 0 Å². The monoisotopic (exact) mass is 172 g/mol. The summed E-state index contributed by atoms with van der Waals surface area (Å²) < 4.78 is 8.10. The van der Waals surface area contributed by atoms with E-state index in [1.807, 2.05) is 27.0 Å². The summed E-state index contributed by atoms with van der Waals surface area (Å²) in [4.78, 5) is 0. The van der Waals surface area contributed by atoms with Gasteiger partial charge in [0.25, 0.3) is 0 Å². The lowest BCUT2D eigenvalue weighted by Crippen LogP contribution is -2.24. The van der Waals surface area contributed by atoms with Crippen LogP contribution in [-0.2, 0) is 0 Å². The molecule has 0 aromatic carbocycles. The van der Waals surface area contributed by atoms with Crippen molar-refractivity contribution >= 4 is 24.1 Å². The minimum Gasteiger partial charge on any atom is -0.205 e. The first-order valence-electron chi connectivity index (χ1n) is 3.89. The Morgan fingerprint density at radius 2 is 1.91 bits per heavy atom. The highest BCUT2D eigenvalue weighted by molar-refractivity contribution is 7.97. The van der Waals surface area contributed by atoms with Crippen molar-refractivity contribution in [2.75, 3.05) is 0 Å². The quantitative estimate of drug-likeness (QED) is 0.515. The van der Waals surface area contributed by atoms with Crippen molar-refractivity contribution in [3.8, 4) is 0 Å². The molecule has 1 rings (SSSR count). The molecule has 0 bridgehead atoms. The molecule has 0 spiro atoms. The zero-order valence-corrected chi connectivity index (χ0v) is 8.70. The highest BCUT2D eigenvalue weighted by Gasteiger charge is 2.21. The molecule has 0 radical (unpaired) electrons. The lowest BCUT2D eigenvalue weighted by atomic mass is 9.90. The van der Waals surface area contributed by atoms with Crippen LogP contribution in [0.25, 0.3) is 0 Å². The van der Waals surface area contributed by atoms with Crippen molar-refractivity contribution in [1.82, 2.24) is 0 Å². The van der Waals surface area contributed by atoms with Crippen LogP contribution < -0.4 is 0 Å². The molecule has 0 fully saturated rings. The van der Waals surface area contributed by atoms with Crippen LogP contribution in [0.1, 0.15) is 34.6 Å². The molecule has 0 amide bonds. The van der Waals surface area contributed by atoms with Gasteiger partial charge >= 0.3 is 0 Å². The van der Waals surface area contributed by atoms with Crippen molar-refractivity contribution in [3.05, 3.63) is 0 Å². The van der Waals surface area contributed by atoms with Crippen LogP contribution in [0.5, 0.6) is 0 Å². The molecule has 1 aliphatic rings. The van der Waals surface area contributed by atoms with Crippen LogP contribution in [0.4, 0.5) is 0 Å². The van der Waals surface area contributed by atoms with Gasteiger partial charge in [-0.3, -0.25) is 0 Å². The van der Waals surface area contributed by atoms with Crippen molar-refractivity contribution in [2.45, 2.75) is 34.6 Å². The Bertz CT molecular complexity index is 171. The third-order valence-electron chi connectivity index (χ3n) is 1.53. The van der Waals surface area contributed by atoms with E-state index < -0.39 is 0 Å². The predicted molar refractivity (Wildman–Crippen MR) is 54.3 cm³/mol. The van der Waals surface area contributed by atoms with Gasteiger partial charge in [0.1, 0.15) is 12.1 Å². The lowest BCUT2D eigenvalue weighted by Gasteiger charge is -2.20. The summed E-state index contributed by atoms with van der Waals surface area (Å²) in [5.74, 6) is 0. The molecule has 0 saturated carbocycles. The molecule has 2 nitrogen and oxygen atoms in total. The number of hydrogen-bond donors (Lipinski definition) is 0. The molecule has 64 valence electrons. The molecule has 1 heterocycles. The van der Waals surface area contributed by atoms with Gasteiger partial charge in [-0.2, -0.15) is 0 Å². The van der Waals surface area contributed by atoms with E-state index in [4.69, 9.17) is 0 Å². The number of hydrogen-bond acceptors (Lipinski definition) is 3. The normalized spacial score (nSPS) is 19.9. The SMILES string of the molecule is CC.CC1=NSN=CC1(C)C. The maximum Gasteiger partial charge on any atom is 0.114 e. The summed E-state index contributed by atoms with van der Waals surface area (Å²) in [6, 6.07) is 0. The van der Waals surface area contributed by atoms with Gasteiger partial charge in [-0.05, 0) is 20.8 Å². The van der Waals surface area contributed by atoms with Gasteiger partial charge < -0.3 is 0 Å². The van der Waals surface area contributed by atoms with Crippen LogP contribution in [-0.4, -0.2) is 11.9 Å². The van der Waals surface area contributed by atoms with Crippen LogP contribution in [0.15, 0.2) is 8.80 Å². The summed E-state index contributed by atoms with van der Waals surface area (Å²) in [6.45, 7) is 10.2. The maximum atomic E-state index is 4.12. The van der Waals surface area contributed by atoms with Gasteiger partial charge in [0.05, 0.1) is 0 Å². The zero-order valence-electron chi connectivity index (χ0n) is 7.88. The van der Waals surface area contributed by atoms with Gasteiger partial charge in [0.15, 0.2) is 0 Å². The molecule has 0 aromatic rings. The van der Waals surface area contributed by atoms with E-state index in [1.165, 1.54) is 12.1 Å². The second kappa shape index (κ2) is 4.54. The molecule has 0 saturated heterocycles. The fourth-order valence-electron chi connectivity index (χ4n) is 0.451. The van der Waals surface area contributed by atoms with Crippen molar-refractivity contribution in [3.63, 3.8) is 0 Å². The Morgan fingerprint density at radius 3 is 2.18 bits per heavy atom. The first-order chi connectivity index (χ1) is 5.13. The molecular formula is C8H16N2S. The van der Waals surface area contributed by atoms with Crippen molar-refractivity contribution < 1.29 is 0 Å². The molecule has 0 N–H and O–H groups in total. The van der Waals surface area contributed by atoms with E-state index in [9.17, 15) is 0 Å². The Kier molecular flexibility index (Phi) is 4.42. The van der Waals surface area contributed by atoms with E-state index in [0.717, 1.165) is 5.71 Å². The second-order valence-electron chi connectivity index (χ2n) is 2.71. The summed E-state index contributed by atoms with van der Waals surface area (Å²) >= 11 is 1.26. The van der Waals surface area contributed by atoms with Crippen LogP contribution in [0.2, 0.25) is 0 Å². The highest BCUT2D eigenvalue weighted by Crippen LogP contribution is 2.23. The molecule has 0 aliphatic carbocycles. The Labute approximate surface area is 73.5 Å². The molecule has 3 heteroatoms. The van der Waals surface area contributed by atoms with Gasteiger partial charge in [-0.25, -0.2) is 8.80 Å². The predicted octanol–water partition coefficient (Wildman–Crippen LogP) is 3.15. The first-order valence-corrected chi connectivity index (χ1v) is 4.62. The molecule has 1 aliphatic heterocycles. The van der Waals surface area contributed by atoms with Gasteiger partial charge in [0.2, 0.25) is 0 Å². The third-order valence-corrected chi connectivity index (χ3v) is 2.09. The zero-order chi connectivity index (χ0) is 8.91. The smallest absolute Gasteiger partial charge is 0.114 e. The van der Waals surface area contributed by atoms with Crippen molar-refractivity contribution in [2.24, 2.45) is 14.2 Å². The lowest BCUT2D eigenvalue weighted by molar-refractivity contribution is 0.743. The molecule has 11 heavy (non-hydrogen) atoms. The maximum absolute atomic E-state index is 4.12. The first kappa shape index (κ1) is 10.7. The van der Waals surface area contributed by atoms with Gasteiger partial charge in [0, 0.05) is 17.3 Å². The molecule has 0 aromatic heterocycles. The number of nitrogens with zero attached hydrogens (tertiary/aromatic N) is 2. The molecular weight excluding hydrogens is 156 g/mol. The Balaban J connectivity index is 0.000000461. The summed E-state index contributed by atoms with van der Waals surface area (Å²) in [7, 11) is 0. The fraction of sp³-hybridized carbons (Fsp3) is 0.750. The fourth-order valence-corrected chi connectivity index (χ4v) is 1.17. The topological polar surface area (TPSA) is 24.7 Å². The van der Waals surface area contributed by atoms with Crippen LogP contribution in [0, 0.1) is 5.41 Å². The van der Waals surface area contributed by atoms with E-state index in [0.29, 0.717) is 0 Å². The van der Waals surface area contributed by atoms with Crippen LogP contribution in [0.3, 0.4) is 0 Å². The summed E-state index contributed by atoms with van der Waals surface area (Å²) in [5.41, 5.74) is 1.22. The number of rotatable bonds is 0. The summed E-state index contributed by atoms with van der Waals surface area (Å²) in [6.07, 6.45) is 1.93. The highest BCUT2D eigenvalue weighted by atomic mass is 32.2. The van der Waals surface area contributed by atoms with E-state index >= 15 is 0 Å². The average Bonchev–Trinajstić information content (AvgIpc) is 2.00. The Morgan fingerprint density at radius 1 is 1.36 bits per heavy atom. The minimum atomic E-state index is 0.0747. The molecule has 0 unspecified atom stereocenters. The molecule has 0 atom stereocenters. The van der Waals surface area contributed by atoms with E-state index in [1.54, 1.807) is 0 Å². The Hall–Kier alpha value is -0.310. The van der Waals surface area contributed by atoms with Crippen LogP contribution >= 0.6 is 12.1 Å².